The Morgan fingerprint density at radius 2 is 2.11 bits per heavy atom. The minimum Gasteiger partial charge on any atom is -0.481 e. The molecule has 1 aliphatic rings. The van der Waals surface area contributed by atoms with Crippen LogP contribution in [0.4, 0.5) is 5.82 Å². The normalized spacial score (nSPS) is 22.6. The molecule has 6 nitrogen and oxygen atoms in total. The van der Waals surface area contributed by atoms with Gasteiger partial charge in [-0.15, -0.1) is 0 Å². The molecule has 18 heavy (non-hydrogen) atoms. The molecule has 6 heteroatoms. The van der Waals surface area contributed by atoms with Gasteiger partial charge in [0.15, 0.2) is 5.82 Å². The van der Waals surface area contributed by atoms with E-state index in [0.29, 0.717) is 12.2 Å². The molecule has 1 amide bonds. The van der Waals surface area contributed by atoms with Gasteiger partial charge >= 0.3 is 5.97 Å². The monoisotopic (exact) mass is 251 g/mol. The molecule has 0 radical (unpaired) electrons. The number of carboxylic acid groups (broad SMARTS) is 1. The number of amides is 1. The van der Waals surface area contributed by atoms with E-state index in [9.17, 15) is 9.59 Å². The van der Waals surface area contributed by atoms with Crippen LogP contribution in [-0.2, 0) is 15.0 Å². The van der Waals surface area contributed by atoms with Crippen molar-refractivity contribution in [2.75, 3.05) is 5.32 Å². The molecule has 0 aliphatic heterocycles. The van der Waals surface area contributed by atoms with Crippen LogP contribution in [-0.4, -0.2) is 27.2 Å². The molecule has 1 fully saturated rings. The number of H-pyrrole nitrogens is 1. The molecule has 1 aliphatic carbocycles. The Bertz CT molecular complexity index is 487. The van der Waals surface area contributed by atoms with Crippen molar-refractivity contribution in [3.8, 4) is 0 Å². The number of aliphatic carboxylic acids is 1. The summed E-state index contributed by atoms with van der Waals surface area (Å²) in [6, 6.07) is 1.77. The molecule has 2 atom stereocenters. The summed E-state index contributed by atoms with van der Waals surface area (Å²) in [5, 5.41) is 18.2. The fourth-order valence-corrected chi connectivity index (χ4v) is 1.75. The van der Waals surface area contributed by atoms with Gasteiger partial charge in [-0.25, -0.2) is 0 Å². The molecule has 2 rings (SSSR count). The van der Waals surface area contributed by atoms with E-state index in [1.807, 2.05) is 20.8 Å². The number of carbonyl (C=O) groups excluding carboxylic acids is 1. The Labute approximate surface area is 105 Å². The smallest absolute Gasteiger partial charge is 0.307 e. The Kier molecular flexibility index (Phi) is 2.88. The topological polar surface area (TPSA) is 95.1 Å². The van der Waals surface area contributed by atoms with Gasteiger partial charge in [-0.3, -0.25) is 14.7 Å². The van der Waals surface area contributed by atoms with Gasteiger partial charge < -0.3 is 10.4 Å². The summed E-state index contributed by atoms with van der Waals surface area (Å²) in [5.74, 6) is -1.69. The van der Waals surface area contributed by atoms with Gasteiger partial charge in [-0.05, 0) is 6.42 Å². The lowest BCUT2D eigenvalue weighted by Crippen LogP contribution is -2.17. The predicted molar refractivity (Wildman–Crippen MR) is 65.2 cm³/mol. The van der Waals surface area contributed by atoms with E-state index in [1.165, 1.54) is 0 Å². The van der Waals surface area contributed by atoms with E-state index in [2.05, 4.69) is 15.5 Å². The molecule has 0 spiro atoms. The quantitative estimate of drug-likeness (QED) is 0.756. The second kappa shape index (κ2) is 4.12. The molecular weight excluding hydrogens is 234 g/mol. The molecule has 0 unspecified atom stereocenters. The first-order chi connectivity index (χ1) is 8.29. The van der Waals surface area contributed by atoms with Crippen LogP contribution in [0.1, 0.15) is 32.9 Å². The van der Waals surface area contributed by atoms with Crippen LogP contribution in [0.25, 0.3) is 0 Å². The number of rotatable bonds is 3. The van der Waals surface area contributed by atoms with Gasteiger partial charge in [-0.2, -0.15) is 5.10 Å². The molecule has 3 N–H and O–H groups in total. The third kappa shape index (κ3) is 2.52. The summed E-state index contributed by atoms with van der Waals surface area (Å²) in [7, 11) is 0. The highest BCUT2D eigenvalue weighted by Gasteiger charge is 2.48. The molecular formula is C12H17N3O3. The third-order valence-corrected chi connectivity index (χ3v) is 3.08. The van der Waals surface area contributed by atoms with Crippen LogP contribution in [0.2, 0.25) is 0 Å². The van der Waals surface area contributed by atoms with Crippen molar-refractivity contribution >= 4 is 17.7 Å². The van der Waals surface area contributed by atoms with E-state index in [0.717, 1.165) is 5.69 Å². The number of nitrogens with zero attached hydrogens (tertiary/aromatic N) is 1. The van der Waals surface area contributed by atoms with Gasteiger partial charge in [-0.1, -0.05) is 20.8 Å². The fourth-order valence-electron chi connectivity index (χ4n) is 1.75. The number of hydrogen-bond acceptors (Lipinski definition) is 3. The van der Waals surface area contributed by atoms with Crippen LogP contribution < -0.4 is 5.32 Å². The van der Waals surface area contributed by atoms with Crippen LogP contribution in [0, 0.1) is 11.8 Å². The van der Waals surface area contributed by atoms with Gasteiger partial charge in [0, 0.05) is 17.2 Å². The van der Waals surface area contributed by atoms with E-state index in [4.69, 9.17) is 5.11 Å². The standard InChI is InChI=1S/C12H17N3O3/c1-12(2,3)8-5-9(15-14-8)13-10(16)6-4-7(6)11(17)18/h5-7H,4H2,1-3H3,(H,17,18)(H2,13,14,15,16)/t6-,7+/m1/s1. The highest BCUT2D eigenvalue weighted by molar-refractivity contribution is 5.97. The van der Waals surface area contributed by atoms with Crippen molar-refractivity contribution in [2.45, 2.75) is 32.6 Å². The number of nitrogens with one attached hydrogen (secondary N) is 2. The minimum atomic E-state index is -0.910. The van der Waals surface area contributed by atoms with Gasteiger partial charge in [0.05, 0.1) is 11.8 Å². The molecule has 0 aromatic carbocycles. The average molecular weight is 251 g/mol. The molecule has 1 aromatic heterocycles. The van der Waals surface area contributed by atoms with Crippen molar-refractivity contribution in [3.63, 3.8) is 0 Å². The Balaban J connectivity index is 1.97. The first-order valence-electron chi connectivity index (χ1n) is 5.88. The maximum Gasteiger partial charge on any atom is 0.307 e. The summed E-state index contributed by atoms with van der Waals surface area (Å²) in [6.07, 6.45) is 0.414. The number of aromatic nitrogens is 2. The lowest BCUT2D eigenvalue weighted by Gasteiger charge is -2.14. The number of aromatic amines is 1. The van der Waals surface area contributed by atoms with Crippen molar-refractivity contribution in [1.29, 1.82) is 0 Å². The second-order valence-electron chi connectivity index (χ2n) is 5.69. The lowest BCUT2D eigenvalue weighted by atomic mass is 9.92. The lowest BCUT2D eigenvalue weighted by molar-refractivity contribution is -0.139. The number of carboxylic acids is 1. The highest BCUT2D eigenvalue weighted by Crippen LogP contribution is 2.39. The van der Waals surface area contributed by atoms with Crippen molar-refractivity contribution in [3.05, 3.63) is 11.8 Å². The molecule has 1 saturated carbocycles. The zero-order valence-electron chi connectivity index (χ0n) is 10.7. The van der Waals surface area contributed by atoms with Crippen molar-refractivity contribution < 1.29 is 14.7 Å². The minimum absolute atomic E-state index is 0.0703. The van der Waals surface area contributed by atoms with Gasteiger partial charge in [0.1, 0.15) is 0 Å². The van der Waals surface area contributed by atoms with Gasteiger partial charge in [0.2, 0.25) is 5.91 Å². The zero-order chi connectivity index (χ0) is 13.5. The summed E-state index contributed by atoms with van der Waals surface area (Å²) in [6.45, 7) is 6.11. The van der Waals surface area contributed by atoms with Crippen molar-refractivity contribution in [1.82, 2.24) is 10.2 Å². The van der Waals surface area contributed by atoms with E-state index in [1.54, 1.807) is 6.07 Å². The molecule has 1 heterocycles. The maximum absolute atomic E-state index is 11.7. The first-order valence-corrected chi connectivity index (χ1v) is 5.88. The fraction of sp³-hybridized carbons (Fsp3) is 0.583. The Morgan fingerprint density at radius 3 is 2.56 bits per heavy atom. The number of carbonyl (C=O) groups is 2. The summed E-state index contributed by atoms with van der Waals surface area (Å²) in [5.41, 5.74) is 0.850. The Hall–Kier alpha value is -1.85. The van der Waals surface area contributed by atoms with Crippen LogP contribution in [0.3, 0.4) is 0 Å². The maximum atomic E-state index is 11.7. The third-order valence-electron chi connectivity index (χ3n) is 3.08. The van der Waals surface area contributed by atoms with Crippen LogP contribution in [0.15, 0.2) is 6.07 Å². The van der Waals surface area contributed by atoms with Crippen molar-refractivity contribution in [2.24, 2.45) is 11.8 Å². The largest absolute Gasteiger partial charge is 0.481 e. The summed E-state index contributed by atoms with van der Waals surface area (Å²) < 4.78 is 0. The van der Waals surface area contributed by atoms with Gasteiger partial charge in [0.25, 0.3) is 0 Å². The first kappa shape index (κ1) is 12.6. The van der Waals surface area contributed by atoms with E-state index < -0.39 is 17.8 Å². The SMILES string of the molecule is CC(C)(C)c1cc(NC(=O)[C@@H]2C[C@@H]2C(=O)O)n[nH]1. The molecule has 0 bridgehead atoms. The summed E-state index contributed by atoms with van der Waals surface area (Å²) >= 11 is 0. The molecule has 1 aromatic rings. The zero-order valence-corrected chi connectivity index (χ0v) is 10.7. The average Bonchev–Trinajstić information content (AvgIpc) is 2.91. The highest BCUT2D eigenvalue weighted by atomic mass is 16.4. The molecule has 98 valence electrons. The van der Waals surface area contributed by atoms with Crippen LogP contribution >= 0.6 is 0 Å². The number of anilines is 1. The summed E-state index contributed by atoms with van der Waals surface area (Å²) in [4.78, 5) is 22.4. The second-order valence-corrected chi connectivity index (χ2v) is 5.69. The number of hydrogen-bond donors (Lipinski definition) is 3. The Morgan fingerprint density at radius 1 is 1.44 bits per heavy atom. The predicted octanol–water partition coefficient (Wildman–Crippen LogP) is 1.37. The van der Waals surface area contributed by atoms with E-state index >= 15 is 0 Å². The van der Waals surface area contributed by atoms with Crippen LogP contribution in [0.5, 0.6) is 0 Å². The molecule has 0 saturated heterocycles. The van der Waals surface area contributed by atoms with E-state index in [-0.39, 0.29) is 11.3 Å².